The number of halogens is 1. The van der Waals surface area contributed by atoms with Crippen LogP contribution in [0.15, 0.2) is 29.3 Å². The third kappa shape index (κ3) is 25.0. The van der Waals surface area contributed by atoms with Gasteiger partial charge in [0.25, 0.3) is 0 Å². The Balaban J connectivity index is -0.000000288. The van der Waals surface area contributed by atoms with Gasteiger partial charge in [0.05, 0.1) is 0 Å². The van der Waals surface area contributed by atoms with Crippen LogP contribution in [0.2, 0.25) is 0 Å². The molecule has 0 aliphatic rings. The number of nitrogens with one attached hydrogen (secondary N) is 2. The number of aliphatic carboxylic acids is 1. The van der Waals surface area contributed by atoms with Gasteiger partial charge in [-0.3, -0.25) is 15.7 Å². The van der Waals surface area contributed by atoms with Gasteiger partial charge in [-0.25, -0.2) is 4.79 Å². The first-order chi connectivity index (χ1) is 8.93. The van der Waals surface area contributed by atoms with Crippen molar-refractivity contribution in [3.8, 4) is 0 Å². The van der Waals surface area contributed by atoms with Gasteiger partial charge in [-0.1, -0.05) is 31.6 Å². The molecule has 0 radical (unpaired) electrons. The Labute approximate surface area is 125 Å². The molecule has 8 heteroatoms. The molecule has 0 heterocycles. The number of carboxylic acid groups (broad SMARTS) is 1. The van der Waals surface area contributed by atoms with Gasteiger partial charge in [-0.05, 0) is 13.3 Å². The van der Waals surface area contributed by atoms with Crippen molar-refractivity contribution in [3.05, 3.63) is 24.3 Å². The molecule has 0 aliphatic heterocycles. The molecule has 0 saturated carbocycles. The third-order valence-electron chi connectivity index (χ3n) is 1.60. The molecule has 0 atom stereocenters. The summed E-state index contributed by atoms with van der Waals surface area (Å²) in [6, 6.07) is 0. The van der Waals surface area contributed by atoms with Crippen molar-refractivity contribution in [1.29, 1.82) is 5.41 Å². The standard InChI is InChI=1S/C6H15N5.C6H8O2.ClH/c1-2-3-4-10-6(9)11-5(7)8;1-2-3-4-5-6(7)8;/h2-4H2,1H3,(H6,7,8,9,10,11);2-5H,1H3,(H,7,8);1H/b;3-2+,5-4+;. The summed E-state index contributed by atoms with van der Waals surface area (Å²) >= 11 is 0. The summed E-state index contributed by atoms with van der Waals surface area (Å²) in [4.78, 5) is 13.7. The number of guanidine groups is 2. The van der Waals surface area contributed by atoms with E-state index in [0.29, 0.717) is 6.54 Å². The summed E-state index contributed by atoms with van der Waals surface area (Å²) in [6.45, 7) is 4.58. The molecule has 116 valence electrons. The first-order valence-electron chi connectivity index (χ1n) is 5.87. The van der Waals surface area contributed by atoms with Crippen LogP contribution in [0.5, 0.6) is 0 Å². The normalized spacial score (nSPS) is 10.6. The van der Waals surface area contributed by atoms with E-state index in [2.05, 4.69) is 17.2 Å². The molecule has 7 nitrogen and oxygen atoms in total. The van der Waals surface area contributed by atoms with Crippen LogP contribution in [0.1, 0.15) is 26.7 Å². The van der Waals surface area contributed by atoms with Crippen LogP contribution in [-0.4, -0.2) is 29.5 Å². The average molecular weight is 306 g/mol. The maximum absolute atomic E-state index is 9.75. The Kier molecular flexibility index (Phi) is 19.6. The molecule has 0 fully saturated rings. The van der Waals surface area contributed by atoms with Gasteiger partial charge in [0.2, 0.25) is 0 Å². The van der Waals surface area contributed by atoms with Gasteiger partial charge >= 0.3 is 5.97 Å². The fourth-order valence-corrected chi connectivity index (χ4v) is 0.784. The molecule has 0 saturated heterocycles. The Morgan fingerprint density at radius 1 is 1.40 bits per heavy atom. The number of unbranched alkanes of at least 4 members (excludes halogenated alkanes) is 1. The lowest BCUT2D eigenvalue weighted by atomic mass is 10.3. The summed E-state index contributed by atoms with van der Waals surface area (Å²) in [5.74, 6) is -0.878. The zero-order valence-corrected chi connectivity index (χ0v) is 12.6. The predicted molar refractivity (Wildman–Crippen MR) is 85.3 cm³/mol. The Bertz CT molecular complexity index is 354. The van der Waals surface area contributed by atoms with Gasteiger partial charge in [0.1, 0.15) is 0 Å². The zero-order valence-electron chi connectivity index (χ0n) is 11.8. The average Bonchev–Trinajstić information content (AvgIpc) is 2.29. The monoisotopic (exact) mass is 305 g/mol. The maximum Gasteiger partial charge on any atom is 0.328 e. The lowest BCUT2D eigenvalue weighted by Crippen LogP contribution is -2.40. The molecule has 0 spiro atoms. The van der Waals surface area contributed by atoms with Gasteiger partial charge in [0, 0.05) is 12.6 Å². The molecule has 0 amide bonds. The first kappa shape index (κ1) is 23.1. The number of hydrogen-bond donors (Lipinski definition) is 5. The quantitative estimate of drug-likeness (QED) is 0.171. The van der Waals surface area contributed by atoms with Crippen molar-refractivity contribution in [3.63, 3.8) is 0 Å². The number of aliphatic imine (C=N–C) groups is 1. The highest BCUT2D eigenvalue weighted by Crippen LogP contribution is 1.85. The second-order valence-corrected chi connectivity index (χ2v) is 3.38. The van der Waals surface area contributed by atoms with Crippen LogP contribution in [0.3, 0.4) is 0 Å². The molecule has 0 rings (SSSR count). The van der Waals surface area contributed by atoms with Gasteiger partial charge in [-0.2, -0.15) is 0 Å². The highest BCUT2D eigenvalue weighted by atomic mass is 35.5. The second kappa shape index (κ2) is 17.0. The Morgan fingerprint density at radius 2 is 2.00 bits per heavy atom. The van der Waals surface area contributed by atoms with E-state index in [0.717, 1.165) is 18.9 Å². The molecule has 20 heavy (non-hydrogen) atoms. The molecule has 0 bridgehead atoms. The zero-order chi connectivity index (χ0) is 15.1. The minimum Gasteiger partial charge on any atom is -0.478 e. The van der Waals surface area contributed by atoms with E-state index in [-0.39, 0.29) is 24.3 Å². The summed E-state index contributed by atoms with van der Waals surface area (Å²) in [6.07, 6.45) is 8.06. The molecule has 0 aromatic carbocycles. The van der Waals surface area contributed by atoms with E-state index in [9.17, 15) is 4.79 Å². The van der Waals surface area contributed by atoms with Crippen LogP contribution in [0, 0.1) is 5.41 Å². The number of rotatable bonds is 5. The summed E-state index contributed by atoms with van der Waals surface area (Å²) in [5.41, 5.74) is 10.3. The van der Waals surface area contributed by atoms with Crippen LogP contribution in [-0.2, 0) is 4.79 Å². The fourth-order valence-electron chi connectivity index (χ4n) is 0.784. The van der Waals surface area contributed by atoms with Crippen molar-refractivity contribution in [2.45, 2.75) is 26.7 Å². The molecule has 0 aromatic rings. The van der Waals surface area contributed by atoms with E-state index >= 15 is 0 Å². The van der Waals surface area contributed by atoms with Crippen molar-refractivity contribution < 1.29 is 9.90 Å². The van der Waals surface area contributed by atoms with E-state index in [4.69, 9.17) is 22.0 Å². The molecular weight excluding hydrogens is 282 g/mol. The number of allylic oxidation sites excluding steroid dienone is 3. The lowest BCUT2D eigenvalue weighted by molar-refractivity contribution is -0.131. The number of nitrogens with zero attached hydrogens (tertiary/aromatic N) is 1. The van der Waals surface area contributed by atoms with Crippen LogP contribution >= 0.6 is 12.4 Å². The second-order valence-electron chi connectivity index (χ2n) is 3.38. The molecule has 0 aliphatic carbocycles. The first-order valence-corrected chi connectivity index (χ1v) is 5.87. The number of hydrogen-bond acceptors (Lipinski definition) is 3. The largest absolute Gasteiger partial charge is 0.478 e. The van der Waals surface area contributed by atoms with Crippen LogP contribution in [0.4, 0.5) is 0 Å². The minimum absolute atomic E-state index is 0. The smallest absolute Gasteiger partial charge is 0.328 e. The molecule has 0 unspecified atom stereocenters. The Morgan fingerprint density at radius 3 is 2.40 bits per heavy atom. The van der Waals surface area contributed by atoms with E-state index in [1.165, 1.54) is 6.08 Å². The fraction of sp³-hybridized carbons (Fsp3) is 0.417. The van der Waals surface area contributed by atoms with Crippen molar-refractivity contribution >= 4 is 30.3 Å². The minimum atomic E-state index is -0.914. The highest BCUT2D eigenvalue weighted by Gasteiger charge is 1.90. The van der Waals surface area contributed by atoms with Gasteiger partial charge in [-0.15, -0.1) is 12.4 Å². The van der Waals surface area contributed by atoms with E-state index in [1.807, 2.05) is 6.92 Å². The maximum atomic E-state index is 9.75. The summed E-state index contributed by atoms with van der Waals surface area (Å²) in [7, 11) is 0. The third-order valence-corrected chi connectivity index (χ3v) is 1.60. The van der Waals surface area contributed by atoms with Crippen LogP contribution < -0.4 is 16.8 Å². The SMILES string of the molecule is C/C=C/C=C/C(=O)O.CCCCN=C(N)NC(=N)N.Cl. The van der Waals surface area contributed by atoms with Gasteiger partial charge in [0.15, 0.2) is 11.9 Å². The van der Waals surface area contributed by atoms with Crippen molar-refractivity contribution in [2.75, 3.05) is 6.54 Å². The highest BCUT2D eigenvalue weighted by molar-refractivity contribution is 5.95. The van der Waals surface area contributed by atoms with Gasteiger partial charge < -0.3 is 16.6 Å². The predicted octanol–water partition coefficient (Wildman–Crippen LogP) is 1.21. The van der Waals surface area contributed by atoms with E-state index < -0.39 is 5.97 Å². The van der Waals surface area contributed by atoms with Crippen molar-refractivity contribution in [2.24, 2.45) is 16.5 Å². The lowest BCUT2D eigenvalue weighted by Gasteiger charge is -2.00. The molecule has 0 aromatic heterocycles. The number of carbonyl (C=O) groups is 1. The number of nitrogens with two attached hydrogens (primary N) is 2. The topological polar surface area (TPSA) is 138 Å². The summed E-state index contributed by atoms with van der Waals surface area (Å²) < 4.78 is 0. The van der Waals surface area contributed by atoms with Crippen LogP contribution in [0.25, 0.3) is 0 Å². The molecule has 7 N–H and O–H groups in total. The summed E-state index contributed by atoms with van der Waals surface area (Å²) in [5, 5.41) is 17.2. The number of carboxylic acids is 1. The Hall–Kier alpha value is -2.02. The molecular formula is C12H24ClN5O2. The van der Waals surface area contributed by atoms with Crippen molar-refractivity contribution in [1.82, 2.24) is 5.32 Å². The van der Waals surface area contributed by atoms with E-state index in [1.54, 1.807) is 12.2 Å².